The van der Waals surface area contributed by atoms with E-state index in [4.69, 9.17) is 10.5 Å². The highest BCUT2D eigenvalue weighted by Gasteiger charge is 2.23. The van der Waals surface area contributed by atoms with Gasteiger partial charge in [0.2, 0.25) is 5.91 Å². The fourth-order valence-electron chi connectivity index (χ4n) is 3.39. The number of hydrogen-bond acceptors (Lipinski definition) is 5. The minimum absolute atomic E-state index is 0.0158. The summed E-state index contributed by atoms with van der Waals surface area (Å²) in [6, 6.07) is 6.38. The molecule has 3 N–H and O–H groups in total. The largest absolute Gasteiger partial charge is 0.494 e. The topological polar surface area (TPSA) is 98.5 Å². The van der Waals surface area contributed by atoms with E-state index in [1.54, 1.807) is 12.1 Å². The van der Waals surface area contributed by atoms with Crippen LogP contribution in [0.5, 0.6) is 5.75 Å². The Morgan fingerprint density at radius 1 is 1.23 bits per heavy atom. The summed E-state index contributed by atoms with van der Waals surface area (Å²) in [6.07, 6.45) is 8.19. The lowest BCUT2D eigenvalue weighted by Crippen LogP contribution is -2.45. The van der Waals surface area contributed by atoms with Crippen LogP contribution >= 0.6 is 0 Å². The second-order valence-corrected chi connectivity index (χ2v) is 9.02. The molecule has 0 aromatic heterocycles. The van der Waals surface area contributed by atoms with Crippen LogP contribution in [0.4, 0.5) is 0 Å². The van der Waals surface area contributed by atoms with Crippen molar-refractivity contribution < 1.29 is 17.9 Å². The number of hydrogen-bond donors (Lipinski definition) is 2. The SMILES string of the molecule is CS(=O)(=O)c1ccc(OCCCC(=O)NC(CN)C2CCCCC2)cc1. The minimum atomic E-state index is -3.20. The highest BCUT2D eigenvalue weighted by Crippen LogP contribution is 2.26. The van der Waals surface area contributed by atoms with Crippen molar-refractivity contribution >= 4 is 15.7 Å². The molecule has 6 nitrogen and oxygen atoms in total. The standard InChI is InChI=1S/C19H30N2O4S/c1-26(23,24)17-11-9-16(10-12-17)25-13-5-8-19(22)21-18(14-20)15-6-3-2-4-7-15/h9-12,15,18H,2-8,13-14,20H2,1H3,(H,21,22). The van der Waals surface area contributed by atoms with Crippen molar-refractivity contribution in [3.63, 3.8) is 0 Å². The van der Waals surface area contributed by atoms with Crippen LogP contribution in [0.1, 0.15) is 44.9 Å². The molecule has 1 unspecified atom stereocenters. The van der Waals surface area contributed by atoms with Crippen LogP contribution in [-0.2, 0) is 14.6 Å². The summed E-state index contributed by atoms with van der Waals surface area (Å²) in [4.78, 5) is 12.4. The summed E-state index contributed by atoms with van der Waals surface area (Å²) in [6.45, 7) is 0.891. The van der Waals surface area contributed by atoms with Crippen LogP contribution in [0, 0.1) is 5.92 Å². The first-order valence-electron chi connectivity index (χ1n) is 9.32. The molecule has 1 aliphatic carbocycles. The predicted molar refractivity (Wildman–Crippen MR) is 102 cm³/mol. The van der Waals surface area contributed by atoms with Gasteiger partial charge < -0.3 is 15.8 Å². The van der Waals surface area contributed by atoms with Gasteiger partial charge in [-0.2, -0.15) is 0 Å². The molecular formula is C19H30N2O4S. The third kappa shape index (κ3) is 6.61. The third-order valence-electron chi connectivity index (χ3n) is 4.89. The Morgan fingerprint density at radius 3 is 2.46 bits per heavy atom. The van der Waals surface area contributed by atoms with Gasteiger partial charge in [0.05, 0.1) is 11.5 Å². The number of rotatable bonds is 9. The lowest BCUT2D eigenvalue weighted by molar-refractivity contribution is -0.122. The normalized spacial score (nSPS) is 16.8. The van der Waals surface area contributed by atoms with Crippen molar-refractivity contribution in [3.05, 3.63) is 24.3 Å². The van der Waals surface area contributed by atoms with E-state index in [1.165, 1.54) is 37.7 Å². The van der Waals surface area contributed by atoms with Crippen molar-refractivity contribution in [1.29, 1.82) is 0 Å². The summed E-state index contributed by atoms with van der Waals surface area (Å²) in [7, 11) is -3.20. The number of nitrogens with two attached hydrogens (primary N) is 1. The predicted octanol–water partition coefficient (Wildman–Crippen LogP) is 2.27. The molecule has 26 heavy (non-hydrogen) atoms. The molecule has 1 saturated carbocycles. The zero-order chi connectivity index (χ0) is 19.0. The summed E-state index contributed by atoms with van der Waals surface area (Å²) >= 11 is 0. The van der Waals surface area contributed by atoms with Gasteiger partial charge in [0.15, 0.2) is 9.84 Å². The monoisotopic (exact) mass is 382 g/mol. The van der Waals surface area contributed by atoms with Crippen LogP contribution in [0.3, 0.4) is 0 Å². The van der Waals surface area contributed by atoms with E-state index < -0.39 is 9.84 Å². The van der Waals surface area contributed by atoms with E-state index in [1.807, 2.05) is 0 Å². The quantitative estimate of drug-likeness (QED) is 0.639. The number of carbonyl (C=O) groups is 1. The Hall–Kier alpha value is -1.60. The number of sulfone groups is 1. The van der Waals surface area contributed by atoms with Crippen molar-refractivity contribution in [2.45, 2.75) is 55.9 Å². The van der Waals surface area contributed by atoms with Gasteiger partial charge in [-0.25, -0.2) is 8.42 Å². The Kier molecular flexibility index (Phi) is 7.90. The van der Waals surface area contributed by atoms with Gasteiger partial charge in [-0.15, -0.1) is 0 Å². The first kappa shape index (κ1) is 20.7. The molecule has 0 heterocycles. The summed E-state index contributed by atoms with van der Waals surface area (Å²) in [5.41, 5.74) is 5.84. The Balaban J connectivity index is 1.69. The van der Waals surface area contributed by atoms with Crippen LogP contribution in [0.25, 0.3) is 0 Å². The van der Waals surface area contributed by atoms with Crippen molar-refractivity contribution in [1.82, 2.24) is 5.32 Å². The van der Waals surface area contributed by atoms with Crippen molar-refractivity contribution in [2.24, 2.45) is 11.7 Å². The molecule has 1 aromatic carbocycles. The van der Waals surface area contributed by atoms with Gasteiger partial charge in [0.1, 0.15) is 5.75 Å². The highest BCUT2D eigenvalue weighted by molar-refractivity contribution is 7.90. The van der Waals surface area contributed by atoms with E-state index in [2.05, 4.69) is 5.32 Å². The van der Waals surface area contributed by atoms with Crippen LogP contribution in [0.15, 0.2) is 29.2 Å². The number of amides is 1. The zero-order valence-corrected chi connectivity index (χ0v) is 16.3. The zero-order valence-electron chi connectivity index (χ0n) is 15.4. The molecule has 1 amide bonds. The van der Waals surface area contributed by atoms with Crippen molar-refractivity contribution in [2.75, 3.05) is 19.4 Å². The minimum Gasteiger partial charge on any atom is -0.494 e. The maximum absolute atomic E-state index is 12.1. The van der Waals surface area contributed by atoms with Crippen LogP contribution in [0.2, 0.25) is 0 Å². The smallest absolute Gasteiger partial charge is 0.220 e. The first-order valence-corrected chi connectivity index (χ1v) is 11.2. The van der Waals surface area contributed by atoms with E-state index in [0.29, 0.717) is 37.7 Å². The molecule has 0 bridgehead atoms. The average Bonchev–Trinajstić information content (AvgIpc) is 2.63. The number of nitrogens with one attached hydrogen (secondary N) is 1. The Morgan fingerprint density at radius 2 is 1.88 bits per heavy atom. The Bertz CT molecular complexity index is 667. The maximum atomic E-state index is 12.1. The van der Waals surface area contributed by atoms with Crippen molar-refractivity contribution in [3.8, 4) is 5.75 Å². The molecule has 0 radical (unpaired) electrons. The molecule has 146 valence electrons. The maximum Gasteiger partial charge on any atom is 0.220 e. The first-order chi connectivity index (χ1) is 12.4. The van der Waals surface area contributed by atoms with Gasteiger partial charge >= 0.3 is 0 Å². The molecule has 1 atom stereocenters. The average molecular weight is 383 g/mol. The molecule has 2 rings (SSSR count). The lowest BCUT2D eigenvalue weighted by atomic mass is 9.84. The summed E-state index contributed by atoms with van der Waals surface area (Å²) < 4.78 is 28.4. The number of carbonyl (C=O) groups excluding carboxylic acids is 1. The van der Waals surface area contributed by atoms with E-state index >= 15 is 0 Å². The van der Waals surface area contributed by atoms with Crippen LogP contribution < -0.4 is 15.8 Å². The van der Waals surface area contributed by atoms with E-state index in [0.717, 1.165) is 12.8 Å². The van der Waals surface area contributed by atoms with Gasteiger partial charge in [0, 0.05) is 25.3 Å². The van der Waals surface area contributed by atoms with Crippen LogP contribution in [-0.4, -0.2) is 39.8 Å². The highest BCUT2D eigenvalue weighted by atomic mass is 32.2. The van der Waals surface area contributed by atoms with E-state index in [-0.39, 0.29) is 16.8 Å². The second-order valence-electron chi connectivity index (χ2n) is 7.00. The molecular weight excluding hydrogens is 352 g/mol. The van der Waals surface area contributed by atoms with Gasteiger partial charge in [0.25, 0.3) is 0 Å². The lowest BCUT2D eigenvalue weighted by Gasteiger charge is -2.30. The fourth-order valence-corrected chi connectivity index (χ4v) is 4.02. The Labute approximate surface area is 156 Å². The van der Waals surface area contributed by atoms with Gasteiger partial charge in [-0.05, 0) is 49.4 Å². The molecule has 1 aromatic rings. The molecule has 7 heteroatoms. The molecule has 0 aliphatic heterocycles. The molecule has 1 aliphatic rings. The van der Waals surface area contributed by atoms with Gasteiger partial charge in [-0.3, -0.25) is 4.79 Å². The fraction of sp³-hybridized carbons (Fsp3) is 0.632. The molecule has 0 saturated heterocycles. The molecule has 1 fully saturated rings. The molecule has 0 spiro atoms. The summed E-state index contributed by atoms with van der Waals surface area (Å²) in [5, 5.41) is 3.07. The summed E-state index contributed by atoms with van der Waals surface area (Å²) in [5.74, 6) is 1.12. The van der Waals surface area contributed by atoms with Gasteiger partial charge in [-0.1, -0.05) is 19.3 Å². The van der Waals surface area contributed by atoms with E-state index in [9.17, 15) is 13.2 Å². The number of ether oxygens (including phenoxy) is 1. The third-order valence-corrected chi connectivity index (χ3v) is 6.02. The number of benzene rings is 1. The second kappa shape index (κ2) is 9.92.